The van der Waals surface area contributed by atoms with Crippen molar-refractivity contribution in [2.24, 2.45) is 0 Å². The molecule has 1 aromatic carbocycles. The zero-order valence-electron chi connectivity index (χ0n) is 14.7. The fraction of sp³-hybridized carbons (Fsp3) is 0.579. The summed E-state index contributed by atoms with van der Waals surface area (Å²) in [5, 5.41) is 0.218. The number of hydrogen-bond donors (Lipinski definition) is 0. The maximum Gasteiger partial charge on any atom is 0.306 e. The second-order valence-electron chi connectivity index (χ2n) is 5.85. The Kier molecular flexibility index (Phi) is 10.9. The van der Waals surface area contributed by atoms with E-state index in [1.54, 1.807) is 0 Å². The van der Waals surface area contributed by atoms with Gasteiger partial charge in [0.05, 0.1) is 11.6 Å². The number of halogens is 2. The van der Waals surface area contributed by atoms with Gasteiger partial charge in [0.1, 0.15) is 12.4 Å². The summed E-state index contributed by atoms with van der Waals surface area (Å²) < 4.78 is 23.6. The number of benzene rings is 1. The molecular formula is C19H26ClFO4. The molecule has 0 N–H and O–H groups in total. The first-order valence-corrected chi connectivity index (χ1v) is 9.16. The van der Waals surface area contributed by atoms with E-state index in [1.165, 1.54) is 31.0 Å². The summed E-state index contributed by atoms with van der Waals surface area (Å²) in [5.41, 5.74) is 0.153. The lowest BCUT2D eigenvalue weighted by Gasteiger charge is -2.08. The van der Waals surface area contributed by atoms with Crippen molar-refractivity contribution in [3.63, 3.8) is 0 Å². The van der Waals surface area contributed by atoms with Crippen LogP contribution in [0.3, 0.4) is 0 Å². The molecule has 0 saturated heterocycles. The molecule has 0 amide bonds. The number of carbonyl (C=O) groups is 2. The third-order valence-electron chi connectivity index (χ3n) is 3.71. The number of carbonyl (C=O) groups excluding carboxylic acids is 2. The largest absolute Gasteiger partial charge is 0.466 e. The highest BCUT2D eigenvalue weighted by Gasteiger charge is 2.11. The van der Waals surface area contributed by atoms with Crippen LogP contribution in [0, 0.1) is 5.82 Å². The second kappa shape index (κ2) is 12.7. The van der Waals surface area contributed by atoms with E-state index in [1.807, 2.05) is 0 Å². The van der Waals surface area contributed by atoms with Crippen molar-refractivity contribution in [1.29, 1.82) is 0 Å². The van der Waals surface area contributed by atoms with Gasteiger partial charge >= 0.3 is 11.9 Å². The minimum Gasteiger partial charge on any atom is -0.466 e. The van der Waals surface area contributed by atoms with Crippen molar-refractivity contribution in [1.82, 2.24) is 0 Å². The molecule has 0 aliphatic rings. The Labute approximate surface area is 153 Å². The number of unbranched alkanes of at least 4 members (excludes halogenated alkanes) is 4. The Bertz CT molecular complexity index is 528. The van der Waals surface area contributed by atoms with E-state index in [4.69, 9.17) is 21.1 Å². The first-order valence-electron chi connectivity index (χ1n) is 8.78. The molecule has 0 fully saturated rings. The highest BCUT2D eigenvalue weighted by Crippen LogP contribution is 2.20. The van der Waals surface area contributed by atoms with Gasteiger partial charge in [-0.25, -0.2) is 4.39 Å². The van der Waals surface area contributed by atoms with Gasteiger partial charge in [-0.15, -0.1) is 0 Å². The maximum atomic E-state index is 13.5. The van der Waals surface area contributed by atoms with Crippen LogP contribution in [0.5, 0.6) is 0 Å². The molecule has 0 heterocycles. The van der Waals surface area contributed by atoms with Crippen molar-refractivity contribution in [3.05, 3.63) is 34.6 Å². The zero-order valence-corrected chi connectivity index (χ0v) is 15.4. The molecule has 0 aliphatic carbocycles. The molecule has 0 aromatic heterocycles. The molecule has 1 rings (SSSR count). The van der Waals surface area contributed by atoms with Gasteiger partial charge in [0, 0.05) is 18.4 Å². The van der Waals surface area contributed by atoms with Gasteiger partial charge in [0.25, 0.3) is 0 Å². The average molecular weight is 373 g/mol. The van der Waals surface area contributed by atoms with E-state index in [0.29, 0.717) is 13.0 Å². The minimum atomic E-state index is -0.511. The first kappa shape index (κ1) is 21.4. The van der Waals surface area contributed by atoms with Crippen molar-refractivity contribution >= 4 is 23.5 Å². The van der Waals surface area contributed by atoms with E-state index in [2.05, 4.69) is 6.92 Å². The Hall–Kier alpha value is -1.62. The quantitative estimate of drug-likeness (QED) is 0.373. The molecule has 4 nitrogen and oxygen atoms in total. The summed E-state index contributed by atoms with van der Waals surface area (Å²) >= 11 is 5.85. The molecule has 0 bridgehead atoms. The topological polar surface area (TPSA) is 52.6 Å². The van der Waals surface area contributed by atoms with Gasteiger partial charge < -0.3 is 9.47 Å². The van der Waals surface area contributed by atoms with Gasteiger partial charge in [0.2, 0.25) is 0 Å². The van der Waals surface area contributed by atoms with Crippen molar-refractivity contribution in [2.75, 3.05) is 6.61 Å². The van der Waals surface area contributed by atoms with Gasteiger partial charge in [-0.1, -0.05) is 50.3 Å². The molecule has 1 aromatic rings. The molecule has 0 spiro atoms. The molecule has 25 heavy (non-hydrogen) atoms. The molecule has 0 saturated carbocycles. The van der Waals surface area contributed by atoms with Crippen molar-refractivity contribution < 1.29 is 23.5 Å². The third-order valence-corrected chi connectivity index (χ3v) is 4.07. The third kappa shape index (κ3) is 9.44. The highest BCUT2D eigenvalue weighted by molar-refractivity contribution is 6.31. The highest BCUT2D eigenvalue weighted by atomic mass is 35.5. The number of ether oxygens (including phenoxy) is 2. The van der Waals surface area contributed by atoms with Crippen molar-refractivity contribution in [2.45, 2.75) is 64.9 Å². The van der Waals surface area contributed by atoms with Gasteiger partial charge in [-0.2, -0.15) is 0 Å². The molecule has 140 valence electrons. The van der Waals surface area contributed by atoms with E-state index < -0.39 is 11.8 Å². The molecule has 0 aliphatic heterocycles. The lowest BCUT2D eigenvalue weighted by atomic mass is 10.2. The van der Waals surface area contributed by atoms with Crippen LogP contribution in [0.25, 0.3) is 0 Å². The zero-order chi connectivity index (χ0) is 18.5. The first-order chi connectivity index (χ1) is 12.0. The van der Waals surface area contributed by atoms with Crippen LogP contribution in [0.4, 0.5) is 4.39 Å². The molecule has 0 unspecified atom stereocenters. The summed E-state index contributed by atoms with van der Waals surface area (Å²) in [6.45, 7) is 2.36. The normalized spacial score (nSPS) is 10.5. The van der Waals surface area contributed by atoms with Crippen LogP contribution >= 0.6 is 11.6 Å². The predicted molar refractivity (Wildman–Crippen MR) is 94.8 cm³/mol. The lowest BCUT2D eigenvalue weighted by molar-refractivity contribution is -0.146. The fourth-order valence-electron chi connectivity index (χ4n) is 2.24. The molecule has 0 atom stereocenters. The standard InChI is InChI=1S/C19H26ClFO4/c1-2-3-4-5-6-13-24-18(22)11-8-12-19(23)25-14-15-16(20)9-7-10-17(15)21/h7,9-10H,2-6,8,11-14H2,1H3. The van der Waals surface area contributed by atoms with E-state index in [-0.39, 0.29) is 36.0 Å². The SMILES string of the molecule is CCCCCCCOC(=O)CCCC(=O)OCc1c(F)cccc1Cl. The van der Waals surface area contributed by atoms with E-state index >= 15 is 0 Å². The van der Waals surface area contributed by atoms with Gasteiger partial charge in [-0.3, -0.25) is 9.59 Å². The van der Waals surface area contributed by atoms with Crippen LogP contribution in [0.15, 0.2) is 18.2 Å². The maximum absolute atomic E-state index is 13.5. The molecular weight excluding hydrogens is 347 g/mol. The Morgan fingerprint density at radius 3 is 2.36 bits per heavy atom. The Morgan fingerprint density at radius 2 is 1.68 bits per heavy atom. The monoisotopic (exact) mass is 372 g/mol. The number of hydrogen-bond acceptors (Lipinski definition) is 4. The smallest absolute Gasteiger partial charge is 0.306 e. The summed E-state index contributed by atoms with van der Waals surface area (Å²) in [6.07, 6.45) is 6.07. The Morgan fingerprint density at radius 1 is 1.00 bits per heavy atom. The fourth-order valence-corrected chi connectivity index (χ4v) is 2.45. The van der Waals surface area contributed by atoms with Gasteiger partial charge in [-0.05, 0) is 25.0 Å². The van der Waals surface area contributed by atoms with Crippen molar-refractivity contribution in [3.8, 4) is 0 Å². The number of rotatable bonds is 12. The average Bonchev–Trinajstić information content (AvgIpc) is 2.57. The van der Waals surface area contributed by atoms with Crippen LogP contribution in [-0.4, -0.2) is 18.5 Å². The summed E-state index contributed by atoms with van der Waals surface area (Å²) in [6, 6.07) is 4.28. The molecule has 6 heteroatoms. The predicted octanol–water partition coefficient (Wildman–Crippen LogP) is 5.21. The summed E-state index contributed by atoms with van der Waals surface area (Å²) in [4.78, 5) is 23.2. The van der Waals surface area contributed by atoms with E-state index in [0.717, 1.165) is 19.3 Å². The van der Waals surface area contributed by atoms with Crippen LogP contribution in [0.2, 0.25) is 5.02 Å². The number of esters is 2. The second-order valence-corrected chi connectivity index (χ2v) is 6.26. The van der Waals surface area contributed by atoms with Gasteiger partial charge in [0.15, 0.2) is 0 Å². The summed E-state index contributed by atoms with van der Waals surface area (Å²) in [5.74, 6) is -1.31. The van der Waals surface area contributed by atoms with E-state index in [9.17, 15) is 14.0 Å². The minimum absolute atomic E-state index is 0.0810. The summed E-state index contributed by atoms with van der Waals surface area (Å²) in [7, 11) is 0. The Balaban J connectivity index is 2.11. The van der Waals surface area contributed by atoms with Crippen LogP contribution in [-0.2, 0) is 25.7 Å². The molecule has 0 radical (unpaired) electrons. The van der Waals surface area contributed by atoms with Crippen LogP contribution in [0.1, 0.15) is 63.9 Å². The van der Waals surface area contributed by atoms with Crippen LogP contribution < -0.4 is 0 Å². The lowest BCUT2D eigenvalue weighted by Crippen LogP contribution is -2.09.